The molecule has 7 heteroatoms. The summed E-state index contributed by atoms with van der Waals surface area (Å²) in [4.78, 5) is 15.6. The number of amides is 1. The molecule has 0 fully saturated rings. The summed E-state index contributed by atoms with van der Waals surface area (Å²) in [5.41, 5.74) is 3.07. The minimum Gasteiger partial charge on any atom is -0.361 e. The largest absolute Gasteiger partial charge is 0.361 e. The summed E-state index contributed by atoms with van der Waals surface area (Å²) >= 11 is 6.07. The first-order valence-electron chi connectivity index (χ1n) is 7.24. The number of anilines is 1. The predicted molar refractivity (Wildman–Crippen MR) is 92.3 cm³/mol. The van der Waals surface area contributed by atoms with Crippen molar-refractivity contribution in [3.63, 3.8) is 0 Å². The average molecular weight is 343 g/mol. The highest BCUT2D eigenvalue weighted by Gasteiger charge is 2.12. The van der Waals surface area contributed by atoms with E-state index in [1.807, 2.05) is 18.2 Å². The molecular weight excluding hydrogens is 328 g/mol. The minimum absolute atomic E-state index is 0.181. The van der Waals surface area contributed by atoms with Gasteiger partial charge in [-0.25, -0.2) is 0 Å². The molecular formula is C17H15ClN4O2. The maximum absolute atomic E-state index is 11.2. The first-order chi connectivity index (χ1) is 11.5. The lowest BCUT2D eigenvalue weighted by Crippen LogP contribution is -2.07. The van der Waals surface area contributed by atoms with Crippen LogP contribution in [0.5, 0.6) is 0 Å². The molecule has 0 radical (unpaired) electrons. The summed E-state index contributed by atoms with van der Waals surface area (Å²) < 4.78 is 5.29. The van der Waals surface area contributed by atoms with Gasteiger partial charge in [-0.1, -0.05) is 29.4 Å². The summed E-state index contributed by atoms with van der Waals surface area (Å²) in [7, 11) is 0. The molecule has 1 amide bonds. The number of carbonyl (C=O) groups excluding carboxylic acids is 1. The van der Waals surface area contributed by atoms with Crippen molar-refractivity contribution >= 4 is 28.8 Å². The summed E-state index contributed by atoms with van der Waals surface area (Å²) in [6.07, 6.45) is 5.91. The van der Waals surface area contributed by atoms with Crippen molar-refractivity contribution < 1.29 is 9.32 Å². The molecule has 24 heavy (non-hydrogen) atoms. The van der Waals surface area contributed by atoms with Crippen LogP contribution in [0.3, 0.4) is 0 Å². The van der Waals surface area contributed by atoms with Crippen molar-refractivity contribution in [2.75, 3.05) is 5.32 Å². The van der Waals surface area contributed by atoms with Gasteiger partial charge in [-0.2, -0.15) is 4.98 Å². The third kappa shape index (κ3) is 3.72. The number of allylic oxidation sites excluding steroid dienone is 3. The number of nitrogens with one attached hydrogen (secondary N) is 2. The summed E-state index contributed by atoms with van der Waals surface area (Å²) in [6.45, 7) is 5.22. The zero-order valence-electron chi connectivity index (χ0n) is 13.0. The average Bonchev–Trinajstić information content (AvgIpc) is 2.99. The minimum atomic E-state index is -0.181. The molecule has 1 aromatic heterocycles. The topological polar surface area (TPSA) is 80.1 Å². The fourth-order valence-corrected chi connectivity index (χ4v) is 2.35. The van der Waals surface area contributed by atoms with Gasteiger partial charge < -0.3 is 15.2 Å². The molecule has 1 aliphatic rings. The Hall–Kier alpha value is -2.86. The van der Waals surface area contributed by atoms with Crippen LogP contribution in [0.4, 0.5) is 5.69 Å². The van der Waals surface area contributed by atoms with Gasteiger partial charge in [0.15, 0.2) is 0 Å². The lowest BCUT2D eigenvalue weighted by atomic mass is 10.1. The van der Waals surface area contributed by atoms with E-state index in [0.717, 1.165) is 16.8 Å². The second kappa shape index (κ2) is 6.72. The van der Waals surface area contributed by atoms with E-state index < -0.39 is 0 Å². The van der Waals surface area contributed by atoms with E-state index in [2.05, 4.69) is 27.4 Å². The molecule has 122 valence electrons. The second-order valence-electron chi connectivity index (χ2n) is 5.29. The van der Waals surface area contributed by atoms with Crippen LogP contribution in [0.1, 0.15) is 24.2 Å². The number of nitrogens with zero attached hydrogens (tertiary/aromatic N) is 2. The normalized spacial score (nSPS) is 13.4. The van der Waals surface area contributed by atoms with Crippen LogP contribution < -0.4 is 10.6 Å². The molecule has 0 spiro atoms. The van der Waals surface area contributed by atoms with Crippen molar-refractivity contribution in [2.45, 2.75) is 13.3 Å². The Balaban J connectivity index is 1.76. The smallest absolute Gasteiger partial charge is 0.231 e. The second-order valence-corrected chi connectivity index (χ2v) is 5.69. The molecule has 0 atom stereocenters. The van der Waals surface area contributed by atoms with Gasteiger partial charge in [-0.15, -0.1) is 0 Å². The van der Waals surface area contributed by atoms with E-state index in [4.69, 9.17) is 16.1 Å². The van der Waals surface area contributed by atoms with E-state index in [1.165, 1.54) is 6.92 Å². The lowest BCUT2D eigenvalue weighted by Gasteiger charge is -2.07. The number of halogens is 1. The maximum Gasteiger partial charge on any atom is 0.231 e. The Bertz CT molecular complexity index is 867. The van der Waals surface area contributed by atoms with Crippen LogP contribution in [0, 0.1) is 0 Å². The van der Waals surface area contributed by atoms with Crippen LogP contribution in [-0.4, -0.2) is 16.0 Å². The van der Waals surface area contributed by atoms with Crippen LogP contribution in [0.15, 0.2) is 53.4 Å². The van der Waals surface area contributed by atoms with Gasteiger partial charge in [0.2, 0.25) is 17.6 Å². The quantitative estimate of drug-likeness (QED) is 0.891. The molecule has 0 bridgehead atoms. The highest BCUT2D eigenvalue weighted by Crippen LogP contribution is 2.24. The van der Waals surface area contributed by atoms with E-state index in [9.17, 15) is 4.79 Å². The number of dihydropyridines is 1. The molecule has 3 rings (SSSR count). The maximum atomic E-state index is 11.2. The molecule has 2 aromatic rings. The number of rotatable bonds is 4. The fraction of sp³-hybridized carbons (Fsp3) is 0.118. The fourth-order valence-electron chi connectivity index (χ4n) is 2.18. The first kappa shape index (κ1) is 16.0. The van der Waals surface area contributed by atoms with Crippen molar-refractivity contribution in [3.8, 4) is 0 Å². The van der Waals surface area contributed by atoms with Gasteiger partial charge >= 0.3 is 0 Å². The Labute approximate surface area is 143 Å². The first-order valence-corrected chi connectivity index (χ1v) is 7.62. The molecule has 0 saturated carbocycles. The van der Waals surface area contributed by atoms with E-state index in [-0.39, 0.29) is 5.91 Å². The van der Waals surface area contributed by atoms with Crippen molar-refractivity contribution in [2.24, 2.45) is 0 Å². The summed E-state index contributed by atoms with van der Waals surface area (Å²) in [5.74, 6) is 0.788. The zero-order chi connectivity index (χ0) is 17.1. The molecule has 0 unspecified atom stereocenters. The highest BCUT2D eigenvalue weighted by molar-refractivity contribution is 6.33. The molecule has 0 saturated heterocycles. The van der Waals surface area contributed by atoms with Gasteiger partial charge in [0, 0.05) is 24.4 Å². The van der Waals surface area contributed by atoms with Crippen LogP contribution in [0.25, 0.3) is 5.57 Å². The van der Waals surface area contributed by atoms with Crippen molar-refractivity contribution in [1.29, 1.82) is 0 Å². The summed E-state index contributed by atoms with van der Waals surface area (Å²) in [5, 5.41) is 10.1. The highest BCUT2D eigenvalue weighted by atomic mass is 35.5. The van der Waals surface area contributed by atoms with Gasteiger partial charge in [0.1, 0.15) is 0 Å². The third-order valence-corrected chi connectivity index (χ3v) is 3.63. The van der Waals surface area contributed by atoms with E-state index >= 15 is 0 Å². The molecule has 1 aromatic carbocycles. The molecule has 2 heterocycles. The number of benzene rings is 1. The Morgan fingerprint density at radius 2 is 2.25 bits per heavy atom. The van der Waals surface area contributed by atoms with Crippen molar-refractivity contribution in [3.05, 3.63) is 71.1 Å². The molecule has 1 aliphatic heterocycles. The van der Waals surface area contributed by atoms with Crippen LogP contribution >= 0.6 is 11.6 Å². The van der Waals surface area contributed by atoms with E-state index in [1.54, 1.807) is 18.3 Å². The Kier molecular flexibility index (Phi) is 4.48. The number of aromatic nitrogens is 2. The standard InChI is InChI=1S/C17H15ClN4O2/c1-10-3-5-13(9-19-10)17-21-16(24-22-17)8-12-4-6-14(18)15(7-12)20-11(2)23/h3-7,9,19H,1,8H2,2H3,(H,20,23). The molecule has 2 N–H and O–H groups in total. The monoisotopic (exact) mass is 342 g/mol. The molecule has 0 aliphatic carbocycles. The Morgan fingerprint density at radius 1 is 1.42 bits per heavy atom. The van der Waals surface area contributed by atoms with Crippen molar-refractivity contribution in [1.82, 2.24) is 15.5 Å². The van der Waals surface area contributed by atoms with Gasteiger partial charge in [0.05, 0.1) is 17.1 Å². The van der Waals surface area contributed by atoms with Gasteiger partial charge in [-0.3, -0.25) is 4.79 Å². The SMILES string of the molecule is C=C1C=CC(c2noc(Cc3ccc(Cl)c(NC(C)=O)c3)n2)=CN1. The number of hydrogen-bond donors (Lipinski definition) is 2. The Morgan fingerprint density at radius 3 is 2.96 bits per heavy atom. The van der Waals surface area contributed by atoms with Crippen LogP contribution in [0.2, 0.25) is 5.02 Å². The predicted octanol–water partition coefficient (Wildman–Crippen LogP) is 3.29. The van der Waals surface area contributed by atoms with Gasteiger partial charge in [-0.05, 0) is 29.8 Å². The zero-order valence-corrected chi connectivity index (χ0v) is 13.7. The number of carbonyl (C=O) groups is 1. The van der Waals surface area contributed by atoms with Gasteiger partial charge in [0.25, 0.3) is 0 Å². The third-order valence-electron chi connectivity index (χ3n) is 3.30. The van der Waals surface area contributed by atoms with Crippen LogP contribution in [-0.2, 0) is 11.2 Å². The molecule has 6 nitrogen and oxygen atoms in total. The lowest BCUT2D eigenvalue weighted by molar-refractivity contribution is -0.114. The summed E-state index contributed by atoms with van der Waals surface area (Å²) in [6, 6.07) is 5.36. The number of hydrogen-bond acceptors (Lipinski definition) is 5. The van der Waals surface area contributed by atoms with E-state index in [0.29, 0.717) is 28.8 Å².